The van der Waals surface area contributed by atoms with E-state index in [1.165, 1.54) is 10.6 Å². The van der Waals surface area contributed by atoms with Crippen LogP contribution in [-0.4, -0.2) is 54.0 Å². The predicted molar refractivity (Wildman–Crippen MR) is 90.8 cm³/mol. The Morgan fingerprint density at radius 2 is 1.70 bits per heavy atom. The molecular formula is C17H26N4O2. The van der Waals surface area contributed by atoms with Gasteiger partial charge >= 0.3 is 11.8 Å². The summed E-state index contributed by atoms with van der Waals surface area (Å²) in [6.45, 7) is 9.34. The number of hydrogen-bond donors (Lipinski definition) is 1. The molecule has 1 aromatic carbocycles. The van der Waals surface area contributed by atoms with E-state index < -0.39 is 18.0 Å². The number of anilines is 1. The summed E-state index contributed by atoms with van der Waals surface area (Å²) in [6.07, 6.45) is -0.429. The van der Waals surface area contributed by atoms with Gasteiger partial charge < -0.3 is 20.4 Å². The zero-order chi connectivity index (χ0) is 17.0. The van der Waals surface area contributed by atoms with Crippen LogP contribution >= 0.6 is 0 Å². The lowest BCUT2D eigenvalue weighted by molar-refractivity contribution is -0.157. The van der Waals surface area contributed by atoms with Gasteiger partial charge in [-0.1, -0.05) is 12.1 Å². The van der Waals surface area contributed by atoms with Crippen LogP contribution in [0.4, 0.5) is 5.69 Å². The lowest BCUT2D eigenvalue weighted by atomic mass is 10.1. The Labute approximate surface area is 137 Å². The van der Waals surface area contributed by atoms with Crippen LogP contribution in [0.2, 0.25) is 0 Å². The number of nitrogens with two attached hydrogens (primary N) is 1. The molecule has 1 heterocycles. The fourth-order valence-electron chi connectivity index (χ4n) is 2.85. The van der Waals surface area contributed by atoms with Gasteiger partial charge in [-0.25, -0.2) is 0 Å². The fourth-order valence-corrected chi connectivity index (χ4v) is 2.85. The molecule has 2 N–H and O–H groups in total. The highest BCUT2D eigenvalue weighted by molar-refractivity contribution is 6.35. The van der Waals surface area contributed by atoms with Crippen LogP contribution < -0.4 is 10.6 Å². The first kappa shape index (κ1) is 17.3. The normalized spacial score (nSPS) is 16.7. The molecule has 0 bridgehead atoms. The molecule has 0 aromatic heterocycles. The summed E-state index contributed by atoms with van der Waals surface area (Å²) in [5.74, 6) is -0.979. The van der Waals surface area contributed by atoms with E-state index in [1.54, 1.807) is 11.8 Å². The number of benzene rings is 1. The Balaban J connectivity index is 2.03. The molecular weight excluding hydrogens is 292 g/mol. The molecule has 6 heteroatoms. The van der Waals surface area contributed by atoms with Crippen LogP contribution in [0.25, 0.3) is 0 Å². The monoisotopic (exact) mass is 318 g/mol. The van der Waals surface area contributed by atoms with Gasteiger partial charge in [-0.05, 0) is 38.5 Å². The number of amides is 2. The van der Waals surface area contributed by atoms with Gasteiger partial charge in [-0.15, -0.1) is 0 Å². The summed E-state index contributed by atoms with van der Waals surface area (Å²) in [7, 11) is 0. The van der Waals surface area contributed by atoms with Crippen molar-refractivity contribution in [2.75, 3.05) is 31.1 Å². The SMILES string of the molecule is CCN(CC)c1ccc(CN2CCN(C(C)N)C(=O)C2=O)cc1. The first-order chi connectivity index (χ1) is 11.0. The van der Waals surface area contributed by atoms with Gasteiger partial charge in [0, 0.05) is 38.4 Å². The average molecular weight is 318 g/mol. The van der Waals surface area contributed by atoms with Crippen LogP contribution in [0.1, 0.15) is 26.3 Å². The van der Waals surface area contributed by atoms with Crippen molar-refractivity contribution in [3.63, 3.8) is 0 Å². The number of carbonyl (C=O) groups is 2. The predicted octanol–water partition coefficient (Wildman–Crippen LogP) is 1.01. The molecule has 0 radical (unpaired) electrons. The van der Waals surface area contributed by atoms with E-state index >= 15 is 0 Å². The zero-order valence-electron chi connectivity index (χ0n) is 14.2. The topological polar surface area (TPSA) is 69.9 Å². The van der Waals surface area contributed by atoms with Crippen LogP contribution in [0.15, 0.2) is 24.3 Å². The zero-order valence-corrected chi connectivity index (χ0v) is 14.2. The standard InChI is InChI=1S/C17H26N4O2/c1-4-19(5-2)15-8-6-14(7-9-15)12-20-10-11-21(13(3)18)17(23)16(20)22/h6-9,13H,4-5,10-12,18H2,1-3H3. The Bertz CT molecular complexity index is 552. The summed E-state index contributed by atoms with van der Waals surface area (Å²) in [5, 5.41) is 0. The summed E-state index contributed by atoms with van der Waals surface area (Å²) < 4.78 is 0. The molecule has 1 unspecified atom stereocenters. The van der Waals surface area contributed by atoms with Gasteiger partial charge in [0.2, 0.25) is 0 Å². The molecule has 0 saturated carbocycles. The molecule has 0 aliphatic carbocycles. The number of rotatable bonds is 6. The molecule has 126 valence electrons. The highest BCUT2D eigenvalue weighted by Crippen LogP contribution is 2.17. The van der Waals surface area contributed by atoms with Crippen molar-refractivity contribution in [2.24, 2.45) is 5.73 Å². The van der Waals surface area contributed by atoms with Gasteiger partial charge in [-0.3, -0.25) is 9.59 Å². The van der Waals surface area contributed by atoms with E-state index in [0.717, 1.165) is 18.7 Å². The van der Waals surface area contributed by atoms with E-state index in [9.17, 15) is 9.59 Å². The minimum Gasteiger partial charge on any atom is -0.372 e. The molecule has 2 rings (SSSR count). The first-order valence-corrected chi connectivity index (χ1v) is 8.17. The third-order valence-electron chi connectivity index (χ3n) is 4.27. The second-order valence-electron chi connectivity index (χ2n) is 5.80. The largest absolute Gasteiger partial charge is 0.372 e. The maximum Gasteiger partial charge on any atom is 0.313 e. The number of carbonyl (C=O) groups excluding carboxylic acids is 2. The minimum atomic E-state index is -0.508. The molecule has 1 saturated heterocycles. The average Bonchev–Trinajstić information content (AvgIpc) is 2.54. The molecule has 1 aliphatic heterocycles. The van der Waals surface area contributed by atoms with Crippen molar-refractivity contribution in [1.82, 2.24) is 9.80 Å². The molecule has 1 aliphatic rings. The lowest BCUT2D eigenvalue weighted by Crippen LogP contribution is -2.58. The van der Waals surface area contributed by atoms with E-state index in [1.807, 2.05) is 12.1 Å². The van der Waals surface area contributed by atoms with Crippen molar-refractivity contribution in [2.45, 2.75) is 33.5 Å². The molecule has 1 aromatic rings. The van der Waals surface area contributed by atoms with Crippen LogP contribution in [0, 0.1) is 0 Å². The lowest BCUT2D eigenvalue weighted by Gasteiger charge is -2.35. The second-order valence-corrected chi connectivity index (χ2v) is 5.80. The third kappa shape index (κ3) is 3.82. The van der Waals surface area contributed by atoms with Crippen molar-refractivity contribution in [3.8, 4) is 0 Å². The minimum absolute atomic E-state index is 0.429. The smallest absolute Gasteiger partial charge is 0.313 e. The highest BCUT2D eigenvalue weighted by atomic mass is 16.2. The fraction of sp³-hybridized carbons (Fsp3) is 0.529. The molecule has 2 amide bonds. The van der Waals surface area contributed by atoms with Crippen molar-refractivity contribution in [3.05, 3.63) is 29.8 Å². The number of nitrogens with zero attached hydrogens (tertiary/aromatic N) is 3. The van der Waals surface area contributed by atoms with E-state index in [0.29, 0.717) is 19.6 Å². The summed E-state index contributed by atoms with van der Waals surface area (Å²) in [4.78, 5) is 29.5. The Hall–Kier alpha value is -2.08. The Morgan fingerprint density at radius 3 is 2.22 bits per heavy atom. The summed E-state index contributed by atoms with van der Waals surface area (Å²) in [6, 6.07) is 8.16. The molecule has 23 heavy (non-hydrogen) atoms. The van der Waals surface area contributed by atoms with Gasteiger partial charge in [0.05, 0.1) is 6.17 Å². The van der Waals surface area contributed by atoms with E-state index in [2.05, 4.69) is 30.9 Å². The van der Waals surface area contributed by atoms with Crippen molar-refractivity contribution < 1.29 is 9.59 Å². The number of hydrogen-bond acceptors (Lipinski definition) is 4. The first-order valence-electron chi connectivity index (χ1n) is 8.17. The second kappa shape index (κ2) is 7.46. The van der Waals surface area contributed by atoms with Crippen LogP contribution in [-0.2, 0) is 16.1 Å². The summed E-state index contributed by atoms with van der Waals surface area (Å²) >= 11 is 0. The summed E-state index contributed by atoms with van der Waals surface area (Å²) in [5.41, 5.74) is 7.91. The molecule has 0 spiro atoms. The van der Waals surface area contributed by atoms with Gasteiger partial charge in [-0.2, -0.15) is 0 Å². The van der Waals surface area contributed by atoms with Crippen LogP contribution in [0.3, 0.4) is 0 Å². The van der Waals surface area contributed by atoms with E-state index in [4.69, 9.17) is 5.73 Å². The van der Waals surface area contributed by atoms with Gasteiger partial charge in [0.1, 0.15) is 0 Å². The van der Waals surface area contributed by atoms with Crippen molar-refractivity contribution in [1.29, 1.82) is 0 Å². The number of piperazine rings is 1. The quantitative estimate of drug-likeness (QED) is 0.795. The van der Waals surface area contributed by atoms with Crippen molar-refractivity contribution >= 4 is 17.5 Å². The maximum atomic E-state index is 12.2. The maximum absolute atomic E-state index is 12.2. The Kier molecular flexibility index (Phi) is 5.60. The van der Waals surface area contributed by atoms with Gasteiger partial charge in [0.15, 0.2) is 0 Å². The Morgan fingerprint density at radius 1 is 1.09 bits per heavy atom. The van der Waals surface area contributed by atoms with E-state index in [-0.39, 0.29) is 0 Å². The van der Waals surface area contributed by atoms with Crippen LogP contribution in [0.5, 0.6) is 0 Å². The van der Waals surface area contributed by atoms with Gasteiger partial charge in [0.25, 0.3) is 0 Å². The highest BCUT2D eigenvalue weighted by Gasteiger charge is 2.33. The third-order valence-corrected chi connectivity index (χ3v) is 4.27. The molecule has 1 atom stereocenters. The molecule has 6 nitrogen and oxygen atoms in total. The molecule has 1 fully saturated rings.